The second-order valence-electron chi connectivity index (χ2n) is 3.97. The number of Topliss-reactive ketones (excluding diaryl/α,β-unsaturated/α-hetero) is 1. The SMILES string of the molecule is C=C(C)C(=O)CC[N+](C)(C)C.[Cl-]. The van der Waals surface area contributed by atoms with E-state index in [-0.39, 0.29) is 18.2 Å². The number of carbonyl (C=O) groups excluding carboxylic acids is 1. The molecule has 0 aliphatic rings. The van der Waals surface area contributed by atoms with Gasteiger partial charge in [-0.3, -0.25) is 4.79 Å². The lowest BCUT2D eigenvalue weighted by atomic mass is 10.1. The van der Waals surface area contributed by atoms with Gasteiger partial charge in [0.05, 0.1) is 34.1 Å². The Labute approximate surface area is 81.3 Å². The molecule has 0 fully saturated rings. The van der Waals surface area contributed by atoms with E-state index in [0.717, 1.165) is 11.0 Å². The fourth-order valence-electron chi connectivity index (χ4n) is 0.650. The van der Waals surface area contributed by atoms with Gasteiger partial charge in [0, 0.05) is 0 Å². The number of allylic oxidation sites excluding steroid dienone is 1. The molecule has 0 rings (SSSR count). The van der Waals surface area contributed by atoms with E-state index < -0.39 is 0 Å². The average Bonchev–Trinajstić information content (AvgIpc) is 1.80. The highest BCUT2D eigenvalue weighted by molar-refractivity contribution is 5.94. The van der Waals surface area contributed by atoms with Crippen LogP contribution in [0.15, 0.2) is 12.2 Å². The topological polar surface area (TPSA) is 17.1 Å². The van der Waals surface area contributed by atoms with Crippen molar-refractivity contribution in [2.45, 2.75) is 13.3 Å². The lowest BCUT2D eigenvalue weighted by molar-refractivity contribution is -0.869. The monoisotopic (exact) mass is 191 g/mol. The summed E-state index contributed by atoms with van der Waals surface area (Å²) in [5.74, 6) is 0.179. The molecule has 0 aromatic carbocycles. The van der Waals surface area contributed by atoms with Gasteiger partial charge in [-0.1, -0.05) is 6.58 Å². The Morgan fingerprint density at radius 1 is 1.33 bits per heavy atom. The first-order chi connectivity index (χ1) is 4.83. The maximum atomic E-state index is 11.1. The third-order valence-corrected chi connectivity index (χ3v) is 1.49. The fraction of sp³-hybridized carbons (Fsp3) is 0.667. The van der Waals surface area contributed by atoms with E-state index >= 15 is 0 Å². The number of quaternary nitrogens is 1. The highest BCUT2D eigenvalue weighted by atomic mass is 35.5. The summed E-state index contributed by atoms with van der Waals surface area (Å²) in [7, 11) is 6.23. The van der Waals surface area contributed by atoms with Crippen LogP contribution >= 0.6 is 0 Å². The van der Waals surface area contributed by atoms with Gasteiger partial charge in [-0.2, -0.15) is 0 Å². The normalized spacial score (nSPS) is 10.3. The van der Waals surface area contributed by atoms with Crippen molar-refractivity contribution < 1.29 is 21.7 Å². The number of carbonyl (C=O) groups is 1. The quantitative estimate of drug-likeness (QED) is 0.380. The molecule has 0 radical (unpaired) electrons. The molecule has 0 aromatic heterocycles. The summed E-state index contributed by atoms with van der Waals surface area (Å²) in [4.78, 5) is 11.1. The van der Waals surface area contributed by atoms with Gasteiger partial charge < -0.3 is 16.9 Å². The van der Waals surface area contributed by atoms with Gasteiger partial charge >= 0.3 is 0 Å². The smallest absolute Gasteiger partial charge is 0.163 e. The maximum absolute atomic E-state index is 11.1. The molecular formula is C9H18ClNO. The van der Waals surface area contributed by atoms with Crippen molar-refractivity contribution in [3.8, 4) is 0 Å². The van der Waals surface area contributed by atoms with E-state index in [9.17, 15) is 4.79 Å². The number of hydrogen-bond donors (Lipinski definition) is 0. The third kappa shape index (κ3) is 7.76. The fourth-order valence-corrected chi connectivity index (χ4v) is 0.650. The standard InChI is InChI=1S/C9H18NO.ClH/c1-8(2)9(11)6-7-10(3,4)5;/h1,6-7H2,2-5H3;1H/q+1;/p-1. The summed E-state index contributed by atoms with van der Waals surface area (Å²) in [6.07, 6.45) is 0.610. The van der Waals surface area contributed by atoms with Crippen LogP contribution in [-0.4, -0.2) is 38.0 Å². The Balaban J connectivity index is 0. The molecule has 2 nitrogen and oxygen atoms in total. The Morgan fingerprint density at radius 2 is 1.75 bits per heavy atom. The van der Waals surface area contributed by atoms with Crippen LogP contribution in [0.5, 0.6) is 0 Å². The molecule has 0 amide bonds. The number of nitrogens with zero attached hydrogens (tertiary/aromatic N) is 1. The second kappa shape index (κ2) is 5.33. The van der Waals surface area contributed by atoms with E-state index in [1.54, 1.807) is 6.92 Å². The largest absolute Gasteiger partial charge is 1.00 e. The van der Waals surface area contributed by atoms with Crippen molar-refractivity contribution in [3.05, 3.63) is 12.2 Å². The predicted octanol–water partition coefficient (Wildman–Crippen LogP) is -1.77. The molecule has 0 saturated heterocycles. The van der Waals surface area contributed by atoms with Gasteiger partial charge in [0.15, 0.2) is 5.78 Å². The summed E-state index contributed by atoms with van der Waals surface area (Å²) in [6, 6.07) is 0. The van der Waals surface area contributed by atoms with Crippen LogP contribution in [0.2, 0.25) is 0 Å². The van der Waals surface area contributed by atoms with Crippen LogP contribution in [0.3, 0.4) is 0 Å². The van der Waals surface area contributed by atoms with Gasteiger partial charge in [-0.25, -0.2) is 0 Å². The molecule has 12 heavy (non-hydrogen) atoms. The molecule has 0 unspecified atom stereocenters. The summed E-state index contributed by atoms with van der Waals surface area (Å²) in [5.41, 5.74) is 0.665. The Morgan fingerprint density at radius 3 is 2.00 bits per heavy atom. The van der Waals surface area contributed by atoms with Crippen molar-refractivity contribution in [1.29, 1.82) is 0 Å². The van der Waals surface area contributed by atoms with Crippen LogP contribution in [-0.2, 0) is 4.79 Å². The second-order valence-corrected chi connectivity index (χ2v) is 3.97. The Hall–Kier alpha value is -0.340. The summed E-state index contributed by atoms with van der Waals surface area (Å²) in [5, 5.41) is 0. The van der Waals surface area contributed by atoms with Gasteiger partial charge in [0.25, 0.3) is 0 Å². The van der Waals surface area contributed by atoms with Crippen LogP contribution < -0.4 is 12.4 Å². The molecule has 0 atom stereocenters. The van der Waals surface area contributed by atoms with E-state index in [2.05, 4.69) is 27.7 Å². The highest BCUT2D eigenvalue weighted by Gasteiger charge is 2.10. The van der Waals surface area contributed by atoms with Gasteiger partial charge in [0.1, 0.15) is 0 Å². The Kier molecular flexibility index (Phi) is 6.31. The summed E-state index contributed by atoms with van der Waals surface area (Å²) >= 11 is 0. The zero-order valence-corrected chi connectivity index (χ0v) is 9.11. The molecule has 0 N–H and O–H groups in total. The van der Waals surface area contributed by atoms with Crippen LogP contribution in [0, 0.1) is 0 Å². The molecule has 0 aliphatic carbocycles. The number of halogens is 1. The van der Waals surface area contributed by atoms with Gasteiger partial charge in [0.2, 0.25) is 0 Å². The van der Waals surface area contributed by atoms with Crippen molar-refractivity contribution in [3.63, 3.8) is 0 Å². The molecule has 0 saturated carbocycles. The minimum Gasteiger partial charge on any atom is -1.00 e. The first-order valence-electron chi connectivity index (χ1n) is 3.82. The molecule has 3 heteroatoms. The van der Waals surface area contributed by atoms with E-state index in [4.69, 9.17) is 0 Å². The molecule has 72 valence electrons. The molecule has 0 bridgehead atoms. The highest BCUT2D eigenvalue weighted by Crippen LogP contribution is 1.99. The van der Waals surface area contributed by atoms with Gasteiger partial charge in [-0.15, -0.1) is 0 Å². The molecule has 0 heterocycles. The third-order valence-electron chi connectivity index (χ3n) is 1.49. The summed E-state index contributed by atoms with van der Waals surface area (Å²) in [6.45, 7) is 6.24. The zero-order valence-electron chi connectivity index (χ0n) is 8.35. The maximum Gasteiger partial charge on any atom is 0.163 e. The summed E-state index contributed by atoms with van der Waals surface area (Å²) < 4.78 is 0.832. The van der Waals surface area contributed by atoms with Crippen molar-refractivity contribution >= 4 is 5.78 Å². The molecule has 0 aromatic rings. The van der Waals surface area contributed by atoms with Crippen molar-refractivity contribution in [2.24, 2.45) is 0 Å². The first-order valence-corrected chi connectivity index (χ1v) is 3.82. The minimum atomic E-state index is 0. The number of hydrogen-bond acceptors (Lipinski definition) is 1. The molecule has 0 spiro atoms. The molecular weight excluding hydrogens is 174 g/mol. The van der Waals surface area contributed by atoms with Crippen molar-refractivity contribution in [1.82, 2.24) is 0 Å². The average molecular weight is 192 g/mol. The zero-order chi connectivity index (χ0) is 9.07. The van der Waals surface area contributed by atoms with Gasteiger partial charge in [-0.05, 0) is 12.5 Å². The van der Waals surface area contributed by atoms with Crippen LogP contribution in [0.25, 0.3) is 0 Å². The predicted molar refractivity (Wildman–Crippen MR) is 47.3 cm³/mol. The number of ketones is 1. The minimum absolute atomic E-state index is 0. The van der Waals surface area contributed by atoms with E-state index in [0.29, 0.717) is 12.0 Å². The van der Waals surface area contributed by atoms with Crippen LogP contribution in [0.4, 0.5) is 0 Å². The lowest BCUT2D eigenvalue weighted by Crippen LogP contribution is -3.00. The van der Waals surface area contributed by atoms with E-state index in [1.807, 2.05) is 0 Å². The molecule has 0 aliphatic heterocycles. The first kappa shape index (κ1) is 14.2. The lowest BCUT2D eigenvalue weighted by Gasteiger charge is -2.23. The van der Waals surface area contributed by atoms with Crippen LogP contribution in [0.1, 0.15) is 13.3 Å². The van der Waals surface area contributed by atoms with E-state index in [1.165, 1.54) is 0 Å². The van der Waals surface area contributed by atoms with Crippen molar-refractivity contribution in [2.75, 3.05) is 27.7 Å². The number of rotatable bonds is 4. The Bertz CT molecular complexity index is 170.